The van der Waals surface area contributed by atoms with Gasteiger partial charge in [0.25, 0.3) is 0 Å². The predicted octanol–water partition coefficient (Wildman–Crippen LogP) is 34.3. The summed E-state index contributed by atoms with van der Waals surface area (Å²) in [6.07, 6.45) is 101. The number of allylic oxidation sites excluding steroid dienone is 8. The van der Waals surface area contributed by atoms with Crippen molar-refractivity contribution in [2.45, 2.75) is 524 Å². The molecule has 2 heterocycles. The van der Waals surface area contributed by atoms with Gasteiger partial charge in [0.2, 0.25) is 5.70 Å². The molecule has 0 aromatic heterocycles. The highest BCUT2D eigenvalue weighted by Gasteiger charge is 2.44. The smallest absolute Gasteiger partial charge is 0.244 e. The van der Waals surface area contributed by atoms with Crippen LogP contribution < -0.4 is 0 Å². The number of fused-ring (bicyclic) bond motifs is 1. The summed E-state index contributed by atoms with van der Waals surface area (Å²) in [6.45, 7) is 21.8. The van der Waals surface area contributed by atoms with Gasteiger partial charge < -0.3 is 0 Å². The van der Waals surface area contributed by atoms with Crippen molar-refractivity contribution in [2.24, 2.45) is 0 Å². The van der Waals surface area contributed by atoms with Gasteiger partial charge in [0.15, 0.2) is 5.70 Å². The van der Waals surface area contributed by atoms with E-state index in [1.807, 2.05) is 16.8 Å². The van der Waals surface area contributed by atoms with Gasteiger partial charge in [0.05, 0.1) is 5.57 Å². The molecule has 0 saturated heterocycles. The summed E-state index contributed by atoms with van der Waals surface area (Å²) in [5.41, 5.74) is 15.6. The quantitative estimate of drug-likeness (QED) is 0.0324. The molecule has 3 heteroatoms. The van der Waals surface area contributed by atoms with E-state index < -0.39 is 8.59 Å². The zero-order valence-corrected chi connectivity index (χ0v) is 68.7. The van der Waals surface area contributed by atoms with Crippen LogP contribution in [0, 0.1) is 0 Å². The Labute approximate surface area is 602 Å². The third-order valence-electron chi connectivity index (χ3n) is 23.2. The van der Waals surface area contributed by atoms with Gasteiger partial charge in [-0.1, -0.05) is 441 Å². The number of rotatable bonds is 73. The summed E-state index contributed by atoms with van der Waals surface area (Å²) in [4.78, 5) is 0. The van der Waals surface area contributed by atoms with E-state index in [2.05, 4.69) is 66.5 Å². The van der Waals surface area contributed by atoms with E-state index in [0.29, 0.717) is 0 Å². The molecule has 0 bridgehead atoms. The number of hydrogen-bond acceptors (Lipinski definition) is 0. The minimum atomic E-state index is -0.860. The molecule has 0 saturated carbocycles. The van der Waals surface area contributed by atoms with E-state index in [1.54, 1.807) is 44.2 Å². The maximum atomic E-state index is 3.33. The zero-order chi connectivity index (χ0) is 68.1. The van der Waals surface area contributed by atoms with Crippen molar-refractivity contribution in [3.05, 3.63) is 55.7 Å². The summed E-state index contributed by atoms with van der Waals surface area (Å²) in [5.74, 6) is 0. The van der Waals surface area contributed by atoms with E-state index in [9.17, 15) is 0 Å². The Hall–Kier alpha value is -1.11. The van der Waals surface area contributed by atoms with Crippen LogP contribution in [0.2, 0.25) is 12.1 Å². The molecule has 1 nitrogen and oxygen atoms in total. The second-order valence-corrected chi connectivity index (χ2v) is 35.9. The Morgan fingerprint density at radius 2 is 0.463 bits per heavy atom. The van der Waals surface area contributed by atoms with Crippen LogP contribution in [0.15, 0.2) is 55.7 Å². The molecule has 3 rings (SSSR count). The van der Waals surface area contributed by atoms with Gasteiger partial charge in [-0.2, -0.15) is 0 Å². The first-order chi connectivity index (χ1) is 46.9. The molecule has 552 valence electrons. The number of hydrogen-bond donors (Lipinski definition) is 0. The number of unbranched alkanes of at least 4 members (excludes halogenated alkanes) is 62. The molecule has 0 aromatic carbocycles. The van der Waals surface area contributed by atoms with Crippen molar-refractivity contribution in [2.75, 3.05) is 0 Å². The van der Waals surface area contributed by atoms with Crippen LogP contribution in [0.3, 0.4) is 0 Å². The first kappa shape index (κ1) is 88.1. The molecular weight excluding hydrogens is 1180 g/mol. The maximum absolute atomic E-state index is 3.33. The Morgan fingerprint density at radius 3 is 0.737 bits per heavy atom. The second kappa shape index (κ2) is 63.8. The SMILES string of the molecule is CCCCCCCCCCCCCCCCCCCCCCCCCCCC[Si](CCCCCCCCCCCCCCCCCCCCCCCCCCCC)=[N+]1C(CCCCCCC)=C(CCCCCCC)C(CCCCCCC)=C1C1=C(C)P=C2C(C)=C(C)C(C)=C21. The molecule has 0 spiro atoms. The van der Waals surface area contributed by atoms with Gasteiger partial charge in [-0.3, -0.25) is 0 Å². The van der Waals surface area contributed by atoms with E-state index in [0.717, 1.165) is 0 Å². The average Bonchev–Trinajstić information content (AvgIpc) is 1.57. The molecular formula is C92H171NPSi+. The minimum Gasteiger partial charge on any atom is -0.244 e. The Bertz CT molecular complexity index is 2010. The summed E-state index contributed by atoms with van der Waals surface area (Å²) in [7, 11) is 0.641. The Morgan fingerprint density at radius 1 is 0.232 bits per heavy atom. The molecule has 1 aliphatic carbocycles. The molecule has 2 aliphatic heterocycles. The molecule has 3 aliphatic rings. The molecule has 0 atom stereocenters. The molecule has 0 aromatic rings. The van der Waals surface area contributed by atoms with Crippen LogP contribution in [0.5, 0.6) is 0 Å². The van der Waals surface area contributed by atoms with E-state index in [1.165, 1.54) is 470 Å². The lowest BCUT2D eigenvalue weighted by molar-refractivity contribution is -0.408. The molecule has 95 heavy (non-hydrogen) atoms. The fourth-order valence-corrected chi connectivity index (χ4v) is 21.3. The second-order valence-electron chi connectivity index (χ2n) is 32.0. The first-order valence-electron chi connectivity index (χ1n) is 44.7. The lowest BCUT2D eigenvalue weighted by Crippen LogP contribution is -2.23. The summed E-state index contributed by atoms with van der Waals surface area (Å²) in [5, 5.41) is 3.33. The van der Waals surface area contributed by atoms with Crippen LogP contribution in [0.25, 0.3) is 0 Å². The summed E-state index contributed by atoms with van der Waals surface area (Å²) >= 11 is 0. The lowest BCUT2D eigenvalue weighted by Gasteiger charge is -2.17. The highest BCUT2D eigenvalue weighted by atomic mass is 31.1. The topological polar surface area (TPSA) is 3.01 Å². The third-order valence-corrected chi connectivity index (χ3v) is 27.6. The molecule has 0 unspecified atom stereocenters. The highest BCUT2D eigenvalue weighted by Crippen LogP contribution is 2.53. The number of nitrogens with zero attached hydrogens (tertiary/aromatic N) is 1. The van der Waals surface area contributed by atoms with Crippen LogP contribution in [-0.2, 0) is 0 Å². The van der Waals surface area contributed by atoms with E-state index in [-0.39, 0.29) is 0 Å². The first-order valence-corrected chi connectivity index (χ1v) is 47.4. The van der Waals surface area contributed by atoms with Crippen molar-refractivity contribution >= 4 is 22.1 Å². The van der Waals surface area contributed by atoms with Crippen molar-refractivity contribution in [1.82, 2.24) is 0 Å². The van der Waals surface area contributed by atoms with Crippen LogP contribution in [0.4, 0.5) is 0 Å². The minimum absolute atomic E-state index is 0.860. The highest BCUT2D eigenvalue weighted by molar-refractivity contribution is 7.47. The normalized spacial score (nSPS) is 14.5. The van der Waals surface area contributed by atoms with Crippen molar-refractivity contribution in [3.63, 3.8) is 0 Å². The summed E-state index contributed by atoms with van der Waals surface area (Å²) < 4.78 is 3.33. The molecule has 0 fully saturated rings. The predicted molar refractivity (Wildman–Crippen MR) is 437 cm³/mol. The van der Waals surface area contributed by atoms with Gasteiger partial charge in [0, 0.05) is 40.5 Å². The third kappa shape index (κ3) is 41.6. The maximum Gasteiger partial charge on any atom is 0.349 e. The molecule has 0 radical (unpaired) electrons. The van der Waals surface area contributed by atoms with Gasteiger partial charge in [-0.05, 0) is 94.7 Å². The molecule has 0 amide bonds. The molecule has 0 N–H and O–H groups in total. The van der Waals surface area contributed by atoms with Gasteiger partial charge in [0.1, 0.15) is 0 Å². The monoisotopic (exact) mass is 1350 g/mol. The largest absolute Gasteiger partial charge is 0.349 e. The van der Waals surface area contributed by atoms with Crippen LogP contribution >= 0.6 is 8.20 Å². The van der Waals surface area contributed by atoms with Crippen molar-refractivity contribution < 1.29 is 4.22 Å². The Balaban J connectivity index is 1.62. The van der Waals surface area contributed by atoms with Gasteiger partial charge >= 0.3 is 8.59 Å². The zero-order valence-electron chi connectivity index (χ0n) is 66.8. The Kier molecular flexibility index (Phi) is 59.2. The van der Waals surface area contributed by atoms with Crippen molar-refractivity contribution in [1.29, 1.82) is 0 Å². The van der Waals surface area contributed by atoms with E-state index >= 15 is 0 Å². The standard InChI is InChI=1S/C92H171NPSi/c1-10-15-20-25-27-29-31-33-35-37-39-41-43-45-47-49-51-53-55-57-59-61-63-65-70-75-80-95(81-76-71-66-64-62-60-58-56-54-52-50-48-46-44-42-40-38-36-34-32-30-28-26-21-16-11-2)93-88(79-74-69-24-19-14-5)86(77-72-67-22-17-12-3)87(78-73-68-23-18-13-4)91(93)90-85(9)94-92-84(8)82(6)83(7)89(90)92/h10-81H2,1-9H3/q+1. The van der Waals surface area contributed by atoms with Crippen LogP contribution in [0.1, 0.15) is 512 Å². The summed E-state index contributed by atoms with van der Waals surface area (Å²) in [6, 6.07) is 2.96. The van der Waals surface area contributed by atoms with Crippen molar-refractivity contribution in [3.8, 4) is 0 Å². The fraction of sp³-hybridized carbons (Fsp3) is 0.880. The average molecular weight is 1350 g/mol. The van der Waals surface area contributed by atoms with Gasteiger partial charge in [-0.25, -0.2) is 4.22 Å². The van der Waals surface area contributed by atoms with E-state index in [4.69, 9.17) is 0 Å². The fourth-order valence-electron chi connectivity index (χ4n) is 16.7. The van der Waals surface area contributed by atoms with Crippen LogP contribution in [-0.4, -0.2) is 18.1 Å². The lowest BCUT2D eigenvalue weighted by atomic mass is 9.89. The van der Waals surface area contributed by atoms with Gasteiger partial charge in [-0.15, -0.1) is 0 Å².